The summed E-state index contributed by atoms with van der Waals surface area (Å²) in [7, 11) is 0. The Hall–Kier alpha value is -0.850. The van der Waals surface area contributed by atoms with E-state index < -0.39 is 0 Å². The van der Waals surface area contributed by atoms with E-state index in [0.29, 0.717) is 0 Å². The quantitative estimate of drug-likeness (QED) is 0.603. The Bertz CT molecular complexity index is 291. The van der Waals surface area contributed by atoms with Gasteiger partial charge in [-0.3, -0.25) is 0 Å². The lowest BCUT2D eigenvalue weighted by Crippen LogP contribution is -1.98. The number of hydrogen-bond donors (Lipinski definition) is 0. The molecule has 0 aliphatic rings. The van der Waals surface area contributed by atoms with Crippen LogP contribution in [0.3, 0.4) is 0 Å². The summed E-state index contributed by atoms with van der Waals surface area (Å²) >= 11 is 0. The lowest BCUT2D eigenvalue weighted by molar-refractivity contribution is 0.593. The van der Waals surface area contributed by atoms with Crippen molar-refractivity contribution in [1.29, 1.82) is 0 Å². The number of hydrogen-bond acceptors (Lipinski definition) is 0. The van der Waals surface area contributed by atoms with E-state index in [1.54, 1.807) is 6.07 Å². The zero-order valence-corrected chi connectivity index (χ0v) is 9.85. The van der Waals surface area contributed by atoms with E-state index in [1.165, 1.54) is 18.4 Å². The molecule has 0 atom stereocenters. The first-order valence-corrected chi connectivity index (χ1v) is 6.05. The van der Waals surface area contributed by atoms with Gasteiger partial charge in [0.1, 0.15) is 5.82 Å². The van der Waals surface area contributed by atoms with Gasteiger partial charge in [0.2, 0.25) is 0 Å². The standard InChI is InChI=1S/C14H21F/c1-3-5-6-10-13-12(8-4-2)9-7-11-14(13)15/h7,9,11H,3-6,8,10H2,1-2H3. The van der Waals surface area contributed by atoms with Gasteiger partial charge in [-0.05, 0) is 36.5 Å². The molecular formula is C14H21F. The molecule has 0 N–H and O–H groups in total. The van der Waals surface area contributed by atoms with Crippen LogP contribution in [0, 0.1) is 5.82 Å². The molecule has 0 fully saturated rings. The third-order valence-corrected chi connectivity index (χ3v) is 2.77. The van der Waals surface area contributed by atoms with Crippen molar-refractivity contribution >= 4 is 0 Å². The first-order valence-electron chi connectivity index (χ1n) is 6.05. The van der Waals surface area contributed by atoms with E-state index in [0.717, 1.165) is 31.2 Å². The van der Waals surface area contributed by atoms with Crippen LogP contribution in [0.25, 0.3) is 0 Å². The maximum atomic E-state index is 13.6. The molecule has 0 saturated heterocycles. The van der Waals surface area contributed by atoms with E-state index in [-0.39, 0.29) is 5.82 Å². The highest BCUT2D eigenvalue weighted by Crippen LogP contribution is 2.18. The Labute approximate surface area is 92.5 Å². The number of halogens is 1. The van der Waals surface area contributed by atoms with Gasteiger partial charge in [0, 0.05) is 0 Å². The molecule has 0 spiro atoms. The van der Waals surface area contributed by atoms with Gasteiger partial charge in [-0.15, -0.1) is 0 Å². The van der Waals surface area contributed by atoms with Crippen molar-refractivity contribution in [3.63, 3.8) is 0 Å². The van der Waals surface area contributed by atoms with E-state index in [4.69, 9.17) is 0 Å². The monoisotopic (exact) mass is 208 g/mol. The molecule has 1 aromatic carbocycles. The Balaban J connectivity index is 2.72. The second kappa shape index (κ2) is 6.60. The highest BCUT2D eigenvalue weighted by Gasteiger charge is 2.06. The number of unbranched alkanes of at least 4 members (excludes halogenated alkanes) is 2. The summed E-state index contributed by atoms with van der Waals surface area (Å²) in [5, 5.41) is 0. The van der Waals surface area contributed by atoms with Gasteiger partial charge in [0.25, 0.3) is 0 Å². The van der Waals surface area contributed by atoms with Crippen LogP contribution in [-0.2, 0) is 12.8 Å². The Morgan fingerprint density at radius 3 is 2.47 bits per heavy atom. The van der Waals surface area contributed by atoms with Crippen molar-refractivity contribution in [2.45, 2.75) is 52.4 Å². The van der Waals surface area contributed by atoms with Gasteiger partial charge in [0.05, 0.1) is 0 Å². The summed E-state index contributed by atoms with van der Waals surface area (Å²) in [6, 6.07) is 5.47. The lowest BCUT2D eigenvalue weighted by Gasteiger charge is -2.09. The molecule has 0 aromatic heterocycles. The van der Waals surface area contributed by atoms with Crippen LogP contribution in [0.1, 0.15) is 50.7 Å². The average Bonchev–Trinajstić information content (AvgIpc) is 2.23. The van der Waals surface area contributed by atoms with Crippen molar-refractivity contribution in [1.82, 2.24) is 0 Å². The average molecular weight is 208 g/mol. The minimum absolute atomic E-state index is 0.0166. The molecule has 0 saturated carbocycles. The fourth-order valence-corrected chi connectivity index (χ4v) is 1.94. The topological polar surface area (TPSA) is 0 Å². The molecule has 0 radical (unpaired) electrons. The number of rotatable bonds is 6. The predicted molar refractivity (Wildman–Crippen MR) is 63.6 cm³/mol. The fourth-order valence-electron chi connectivity index (χ4n) is 1.94. The molecule has 0 nitrogen and oxygen atoms in total. The van der Waals surface area contributed by atoms with Crippen LogP contribution in [0.5, 0.6) is 0 Å². The predicted octanol–water partition coefficient (Wildman–Crippen LogP) is 4.51. The SMILES string of the molecule is CCCCCc1c(F)cccc1CCC. The van der Waals surface area contributed by atoms with Gasteiger partial charge >= 0.3 is 0 Å². The van der Waals surface area contributed by atoms with E-state index in [2.05, 4.69) is 19.9 Å². The molecule has 0 aliphatic heterocycles. The molecular weight excluding hydrogens is 187 g/mol. The smallest absolute Gasteiger partial charge is 0.126 e. The molecule has 0 heterocycles. The van der Waals surface area contributed by atoms with Crippen molar-refractivity contribution in [2.24, 2.45) is 0 Å². The molecule has 84 valence electrons. The van der Waals surface area contributed by atoms with Crippen LogP contribution < -0.4 is 0 Å². The first kappa shape index (κ1) is 12.2. The third kappa shape index (κ3) is 3.65. The van der Waals surface area contributed by atoms with E-state index in [9.17, 15) is 4.39 Å². The number of benzene rings is 1. The Morgan fingerprint density at radius 1 is 1.00 bits per heavy atom. The molecule has 1 rings (SSSR count). The van der Waals surface area contributed by atoms with Crippen LogP contribution in [-0.4, -0.2) is 0 Å². The minimum atomic E-state index is -0.0166. The normalized spacial score (nSPS) is 10.6. The summed E-state index contributed by atoms with van der Waals surface area (Å²) < 4.78 is 13.6. The zero-order valence-electron chi connectivity index (χ0n) is 9.85. The van der Waals surface area contributed by atoms with E-state index >= 15 is 0 Å². The molecule has 1 aromatic rings. The van der Waals surface area contributed by atoms with Crippen molar-refractivity contribution < 1.29 is 4.39 Å². The summed E-state index contributed by atoms with van der Waals surface area (Å²) in [6.07, 6.45) is 6.48. The second-order valence-electron chi connectivity index (χ2n) is 4.08. The Morgan fingerprint density at radius 2 is 1.80 bits per heavy atom. The molecule has 1 heteroatoms. The van der Waals surface area contributed by atoms with E-state index in [1.807, 2.05) is 6.07 Å². The number of aryl methyl sites for hydroxylation is 1. The van der Waals surface area contributed by atoms with Crippen LogP contribution >= 0.6 is 0 Å². The molecule has 0 aliphatic carbocycles. The second-order valence-corrected chi connectivity index (χ2v) is 4.08. The lowest BCUT2D eigenvalue weighted by atomic mass is 9.98. The zero-order chi connectivity index (χ0) is 11.1. The summed E-state index contributed by atoms with van der Waals surface area (Å²) in [6.45, 7) is 4.31. The van der Waals surface area contributed by atoms with Crippen LogP contribution in [0.15, 0.2) is 18.2 Å². The van der Waals surface area contributed by atoms with Crippen molar-refractivity contribution in [3.05, 3.63) is 35.1 Å². The van der Waals surface area contributed by atoms with Gasteiger partial charge in [-0.25, -0.2) is 4.39 Å². The Kier molecular flexibility index (Phi) is 5.38. The third-order valence-electron chi connectivity index (χ3n) is 2.77. The van der Waals surface area contributed by atoms with Gasteiger partial charge < -0.3 is 0 Å². The maximum Gasteiger partial charge on any atom is 0.126 e. The molecule has 0 bridgehead atoms. The van der Waals surface area contributed by atoms with Crippen LogP contribution in [0.2, 0.25) is 0 Å². The molecule has 15 heavy (non-hydrogen) atoms. The minimum Gasteiger partial charge on any atom is -0.207 e. The summed E-state index contributed by atoms with van der Waals surface area (Å²) in [5.74, 6) is -0.0166. The summed E-state index contributed by atoms with van der Waals surface area (Å²) in [4.78, 5) is 0. The maximum absolute atomic E-state index is 13.6. The van der Waals surface area contributed by atoms with Crippen molar-refractivity contribution in [3.8, 4) is 0 Å². The van der Waals surface area contributed by atoms with Gasteiger partial charge in [-0.1, -0.05) is 45.2 Å². The van der Waals surface area contributed by atoms with Gasteiger partial charge in [0.15, 0.2) is 0 Å². The van der Waals surface area contributed by atoms with Gasteiger partial charge in [-0.2, -0.15) is 0 Å². The first-order chi connectivity index (χ1) is 7.29. The van der Waals surface area contributed by atoms with Crippen LogP contribution in [0.4, 0.5) is 4.39 Å². The highest BCUT2D eigenvalue weighted by atomic mass is 19.1. The summed E-state index contributed by atoms with van der Waals surface area (Å²) in [5.41, 5.74) is 2.15. The largest absolute Gasteiger partial charge is 0.207 e. The van der Waals surface area contributed by atoms with Crippen molar-refractivity contribution in [2.75, 3.05) is 0 Å². The fraction of sp³-hybridized carbons (Fsp3) is 0.571. The molecule has 0 unspecified atom stereocenters. The highest BCUT2D eigenvalue weighted by molar-refractivity contribution is 5.29. The molecule has 0 amide bonds.